The number of rotatable bonds is 4. The molecular weight excluding hydrogens is 309 g/mol. The molecule has 0 atom stereocenters. The number of pyridine rings is 1. The SMILES string of the molecule is Cc1c(C(=O)NCC(C)C)cnn1-c1ccc(C(F)(F)F)cn1. The highest BCUT2D eigenvalue weighted by Crippen LogP contribution is 2.28. The van der Waals surface area contributed by atoms with Crippen LogP contribution in [0.5, 0.6) is 0 Å². The van der Waals surface area contributed by atoms with Crippen molar-refractivity contribution < 1.29 is 18.0 Å². The Balaban J connectivity index is 2.23. The molecule has 0 saturated heterocycles. The van der Waals surface area contributed by atoms with Gasteiger partial charge in [-0.3, -0.25) is 4.79 Å². The van der Waals surface area contributed by atoms with E-state index in [4.69, 9.17) is 0 Å². The standard InChI is InChI=1S/C15H17F3N4O/c1-9(2)6-20-14(23)12-8-21-22(10(12)3)13-5-4-11(7-19-13)15(16,17)18/h4-5,7-9H,6H2,1-3H3,(H,20,23). The Morgan fingerprint density at radius 2 is 2.00 bits per heavy atom. The number of aromatic nitrogens is 3. The van der Waals surface area contributed by atoms with E-state index in [2.05, 4.69) is 15.4 Å². The molecule has 5 nitrogen and oxygen atoms in total. The fourth-order valence-electron chi connectivity index (χ4n) is 1.93. The molecule has 2 heterocycles. The monoisotopic (exact) mass is 326 g/mol. The van der Waals surface area contributed by atoms with E-state index >= 15 is 0 Å². The van der Waals surface area contributed by atoms with Crippen LogP contribution in [0.1, 0.15) is 35.5 Å². The maximum atomic E-state index is 12.5. The molecule has 0 aromatic carbocycles. The Labute approximate surface area is 131 Å². The highest BCUT2D eigenvalue weighted by molar-refractivity contribution is 5.95. The predicted octanol–water partition coefficient (Wildman–Crippen LogP) is 2.98. The van der Waals surface area contributed by atoms with E-state index in [1.165, 1.54) is 16.9 Å². The van der Waals surface area contributed by atoms with Gasteiger partial charge in [-0.05, 0) is 25.0 Å². The topological polar surface area (TPSA) is 59.8 Å². The van der Waals surface area contributed by atoms with Gasteiger partial charge in [-0.25, -0.2) is 9.67 Å². The fraction of sp³-hybridized carbons (Fsp3) is 0.400. The maximum Gasteiger partial charge on any atom is 0.417 e. The fourth-order valence-corrected chi connectivity index (χ4v) is 1.93. The van der Waals surface area contributed by atoms with E-state index in [-0.39, 0.29) is 11.7 Å². The quantitative estimate of drug-likeness (QED) is 0.940. The summed E-state index contributed by atoms with van der Waals surface area (Å²) in [6.45, 7) is 6.14. The number of carbonyl (C=O) groups excluding carboxylic acids is 1. The van der Waals surface area contributed by atoms with E-state index < -0.39 is 11.7 Å². The molecule has 124 valence electrons. The highest BCUT2D eigenvalue weighted by atomic mass is 19.4. The Morgan fingerprint density at radius 1 is 1.30 bits per heavy atom. The molecule has 0 aliphatic heterocycles. The minimum atomic E-state index is -4.44. The van der Waals surface area contributed by atoms with Gasteiger partial charge in [0, 0.05) is 12.7 Å². The summed E-state index contributed by atoms with van der Waals surface area (Å²) >= 11 is 0. The zero-order valence-corrected chi connectivity index (χ0v) is 13.0. The first kappa shape index (κ1) is 17.0. The summed E-state index contributed by atoms with van der Waals surface area (Å²) < 4.78 is 39.0. The zero-order chi connectivity index (χ0) is 17.2. The first-order chi connectivity index (χ1) is 10.7. The number of halogens is 3. The van der Waals surface area contributed by atoms with E-state index in [0.717, 1.165) is 12.3 Å². The smallest absolute Gasteiger partial charge is 0.352 e. The number of carbonyl (C=O) groups is 1. The van der Waals surface area contributed by atoms with Crippen molar-refractivity contribution in [1.82, 2.24) is 20.1 Å². The van der Waals surface area contributed by atoms with Crippen molar-refractivity contribution in [1.29, 1.82) is 0 Å². The summed E-state index contributed by atoms with van der Waals surface area (Å²) in [6.07, 6.45) is -2.31. The summed E-state index contributed by atoms with van der Waals surface area (Å²) in [6, 6.07) is 2.15. The molecule has 8 heteroatoms. The van der Waals surface area contributed by atoms with Crippen LogP contribution in [0.25, 0.3) is 5.82 Å². The Morgan fingerprint density at radius 3 is 2.52 bits per heavy atom. The second-order valence-electron chi connectivity index (χ2n) is 5.56. The third-order valence-corrected chi connectivity index (χ3v) is 3.22. The molecule has 1 amide bonds. The van der Waals surface area contributed by atoms with Crippen LogP contribution >= 0.6 is 0 Å². The second kappa shape index (κ2) is 6.39. The molecule has 1 N–H and O–H groups in total. The van der Waals surface area contributed by atoms with E-state index in [1.807, 2.05) is 13.8 Å². The van der Waals surface area contributed by atoms with Crippen LogP contribution in [0, 0.1) is 12.8 Å². The summed E-state index contributed by atoms with van der Waals surface area (Å²) in [5.41, 5.74) is 0.0480. The Kier molecular flexibility index (Phi) is 4.72. The van der Waals surface area contributed by atoms with Crippen LogP contribution in [0.4, 0.5) is 13.2 Å². The molecule has 0 aliphatic carbocycles. The average molecular weight is 326 g/mol. The lowest BCUT2D eigenvalue weighted by Gasteiger charge is -2.09. The second-order valence-corrected chi connectivity index (χ2v) is 5.56. The zero-order valence-electron chi connectivity index (χ0n) is 13.0. The third-order valence-electron chi connectivity index (χ3n) is 3.22. The number of alkyl halides is 3. The lowest BCUT2D eigenvalue weighted by atomic mass is 10.2. The normalized spacial score (nSPS) is 11.8. The van der Waals surface area contributed by atoms with Crippen molar-refractivity contribution in [3.8, 4) is 5.82 Å². The minimum absolute atomic E-state index is 0.221. The number of nitrogens with zero attached hydrogens (tertiary/aromatic N) is 3. The van der Waals surface area contributed by atoms with Gasteiger partial charge < -0.3 is 5.32 Å². The third kappa shape index (κ3) is 3.88. The van der Waals surface area contributed by atoms with Gasteiger partial charge in [-0.1, -0.05) is 13.8 Å². The van der Waals surface area contributed by atoms with Crippen LogP contribution in [-0.2, 0) is 6.18 Å². The molecular formula is C15H17F3N4O. The first-order valence-electron chi connectivity index (χ1n) is 7.06. The molecule has 0 bridgehead atoms. The molecule has 0 unspecified atom stereocenters. The van der Waals surface area contributed by atoms with Gasteiger partial charge in [-0.2, -0.15) is 18.3 Å². The van der Waals surface area contributed by atoms with Gasteiger partial charge >= 0.3 is 6.18 Å². The number of amides is 1. The van der Waals surface area contributed by atoms with Crippen LogP contribution in [0.15, 0.2) is 24.5 Å². The number of hydrogen-bond donors (Lipinski definition) is 1. The van der Waals surface area contributed by atoms with Gasteiger partial charge in [0.15, 0.2) is 5.82 Å². The Hall–Kier alpha value is -2.38. The highest BCUT2D eigenvalue weighted by Gasteiger charge is 2.30. The van der Waals surface area contributed by atoms with E-state index in [1.54, 1.807) is 6.92 Å². The summed E-state index contributed by atoms with van der Waals surface area (Å²) in [5, 5.41) is 6.81. The molecule has 2 aromatic heterocycles. The number of hydrogen-bond acceptors (Lipinski definition) is 3. The van der Waals surface area contributed by atoms with Crippen LogP contribution in [0.3, 0.4) is 0 Å². The number of nitrogens with one attached hydrogen (secondary N) is 1. The molecule has 2 aromatic rings. The van der Waals surface area contributed by atoms with Gasteiger partial charge in [0.05, 0.1) is 23.0 Å². The molecule has 0 saturated carbocycles. The maximum absolute atomic E-state index is 12.5. The van der Waals surface area contributed by atoms with Gasteiger partial charge in [0.2, 0.25) is 0 Å². The van der Waals surface area contributed by atoms with Crippen molar-refractivity contribution in [2.24, 2.45) is 5.92 Å². The largest absolute Gasteiger partial charge is 0.417 e. The minimum Gasteiger partial charge on any atom is -0.352 e. The summed E-state index contributed by atoms with van der Waals surface area (Å²) in [5.74, 6) is 0.263. The molecule has 0 spiro atoms. The van der Waals surface area contributed by atoms with Crippen molar-refractivity contribution in [3.63, 3.8) is 0 Å². The molecule has 0 fully saturated rings. The summed E-state index contributed by atoms with van der Waals surface area (Å²) in [7, 11) is 0. The van der Waals surface area contributed by atoms with Crippen molar-refractivity contribution in [2.45, 2.75) is 26.9 Å². The van der Waals surface area contributed by atoms with Gasteiger partial charge in [0.25, 0.3) is 5.91 Å². The van der Waals surface area contributed by atoms with Crippen molar-refractivity contribution in [2.75, 3.05) is 6.54 Å². The van der Waals surface area contributed by atoms with E-state index in [9.17, 15) is 18.0 Å². The van der Waals surface area contributed by atoms with Crippen molar-refractivity contribution >= 4 is 5.91 Å². The van der Waals surface area contributed by atoms with Crippen LogP contribution < -0.4 is 5.32 Å². The van der Waals surface area contributed by atoms with Crippen LogP contribution in [-0.4, -0.2) is 27.2 Å². The van der Waals surface area contributed by atoms with Crippen molar-refractivity contribution in [3.05, 3.63) is 41.3 Å². The first-order valence-corrected chi connectivity index (χ1v) is 7.06. The van der Waals surface area contributed by atoms with Gasteiger partial charge in [-0.15, -0.1) is 0 Å². The molecule has 23 heavy (non-hydrogen) atoms. The summed E-state index contributed by atoms with van der Waals surface area (Å²) in [4.78, 5) is 15.8. The average Bonchev–Trinajstić information content (AvgIpc) is 2.86. The van der Waals surface area contributed by atoms with E-state index in [0.29, 0.717) is 23.7 Å². The van der Waals surface area contributed by atoms with Crippen LogP contribution in [0.2, 0.25) is 0 Å². The lowest BCUT2D eigenvalue weighted by Crippen LogP contribution is -2.27. The Bertz CT molecular complexity index is 690. The molecule has 0 aliphatic rings. The predicted molar refractivity (Wildman–Crippen MR) is 78.3 cm³/mol. The molecule has 0 radical (unpaired) electrons. The lowest BCUT2D eigenvalue weighted by molar-refractivity contribution is -0.137. The molecule has 2 rings (SSSR count). The van der Waals surface area contributed by atoms with Gasteiger partial charge in [0.1, 0.15) is 0 Å².